The molecule has 0 spiro atoms. The van der Waals surface area contributed by atoms with E-state index >= 15 is 0 Å². The molecule has 132 valence electrons. The predicted octanol–water partition coefficient (Wildman–Crippen LogP) is 2.22. The third-order valence-corrected chi connectivity index (χ3v) is 4.63. The van der Waals surface area contributed by atoms with E-state index in [1.54, 1.807) is 23.9 Å². The number of H-pyrrole nitrogens is 1. The smallest absolute Gasteiger partial charge is 0.259 e. The van der Waals surface area contributed by atoms with Crippen LogP contribution in [0.5, 0.6) is 5.75 Å². The molecule has 3 heterocycles. The van der Waals surface area contributed by atoms with Gasteiger partial charge in [0.2, 0.25) is 0 Å². The fourth-order valence-electron chi connectivity index (χ4n) is 3.35. The predicted molar refractivity (Wildman–Crippen MR) is 97.2 cm³/mol. The molecule has 0 radical (unpaired) electrons. The van der Waals surface area contributed by atoms with Crippen LogP contribution in [0.2, 0.25) is 0 Å². The SMILES string of the molecule is Cn1nc(-c2ccccc2)c(O)c1-c1nc2cc3c(cc2[nH]1)C(=O)NC3=O. The number of nitrogens with zero attached hydrogens (tertiary/aromatic N) is 3. The lowest BCUT2D eigenvalue weighted by molar-refractivity contribution is 0.0879. The summed E-state index contributed by atoms with van der Waals surface area (Å²) in [6, 6.07) is 12.5. The Kier molecular flexibility index (Phi) is 3.00. The number of rotatable bonds is 2. The Bertz CT molecular complexity index is 1200. The van der Waals surface area contributed by atoms with Gasteiger partial charge >= 0.3 is 0 Å². The first-order chi connectivity index (χ1) is 13.0. The molecule has 1 aliphatic rings. The van der Waals surface area contributed by atoms with Crippen LogP contribution >= 0.6 is 0 Å². The van der Waals surface area contributed by atoms with Crippen molar-refractivity contribution < 1.29 is 14.7 Å². The number of aromatic amines is 1. The molecule has 0 saturated heterocycles. The number of nitrogens with one attached hydrogen (secondary N) is 2. The van der Waals surface area contributed by atoms with Crippen LogP contribution in [-0.2, 0) is 7.05 Å². The van der Waals surface area contributed by atoms with Crippen molar-refractivity contribution in [3.63, 3.8) is 0 Å². The van der Waals surface area contributed by atoms with E-state index in [4.69, 9.17) is 0 Å². The number of carbonyl (C=O) groups excluding carboxylic acids is 2. The molecule has 0 bridgehead atoms. The molecule has 2 amide bonds. The molecule has 0 saturated carbocycles. The average Bonchev–Trinajstić information content (AvgIpc) is 3.28. The van der Waals surface area contributed by atoms with Crippen LogP contribution in [0.15, 0.2) is 42.5 Å². The highest BCUT2D eigenvalue weighted by molar-refractivity contribution is 6.23. The number of aryl methyl sites for hydroxylation is 1. The normalized spacial score (nSPS) is 13.2. The number of fused-ring (bicyclic) bond motifs is 2. The van der Waals surface area contributed by atoms with Crippen molar-refractivity contribution in [3.05, 3.63) is 53.6 Å². The Balaban J connectivity index is 1.68. The zero-order valence-corrected chi connectivity index (χ0v) is 14.1. The van der Waals surface area contributed by atoms with Gasteiger partial charge in [0.1, 0.15) is 11.4 Å². The topological polar surface area (TPSA) is 113 Å². The van der Waals surface area contributed by atoms with Crippen molar-refractivity contribution in [2.75, 3.05) is 0 Å². The molecule has 0 atom stereocenters. The van der Waals surface area contributed by atoms with E-state index in [2.05, 4.69) is 20.4 Å². The Hall–Kier alpha value is -3.94. The Morgan fingerprint density at radius 1 is 1.04 bits per heavy atom. The van der Waals surface area contributed by atoms with Crippen molar-refractivity contribution in [2.45, 2.75) is 0 Å². The number of amides is 2. The van der Waals surface area contributed by atoms with Crippen molar-refractivity contribution in [3.8, 4) is 28.5 Å². The van der Waals surface area contributed by atoms with E-state index in [0.29, 0.717) is 39.4 Å². The maximum Gasteiger partial charge on any atom is 0.259 e. The molecule has 0 fully saturated rings. The Morgan fingerprint density at radius 2 is 1.74 bits per heavy atom. The highest BCUT2D eigenvalue weighted by Gasteiger charge is 2.28. The summed E-state index contributed by atoms with van der Waals surface area (Å²) in [6.07, 6.45) is 0. The summed E-state index contributed by atoms with van der Waals surface area (Å²) >= 11 is 0. The van der Waals surface area contributed by atoms with Gasteiger partial charge in [0.05, 0.1) is 22.2 Å². The van der Waals surface area contributed by atoms with Gasteiger partial charge in [-0.2, -0.15) is 5.10 Å². The second kappa shape index (κ2) is 5.28. The molecule has 4 aromatic rings. The van der Waals surface area contributed by atoms with Crippen molar-refractivity contribution >= 4 is 22.8 Å². The number of aromatic nitrogens is 4. The lowest BCUT2D eigenvalue weighted by Crippen LogP contribution is -2.19. The highest BCUT2D eigenvalue weighted by atomic mass is 16.3. The van der Waals surface area contributed by atoms with Gasteiger partial charge in [0, 0.05) is 12.6 Å². The van der Waals surface area contributed by atoms with Gasteiger partial charge in [0.25, 0.3) is 11.8 Å². The molecule has 2 aromatic carbocycles. The molecular formula is C19H13N5O3. The fourth-order valence-corrected chi connectivity index (χ4v) is 3.35. The van der Waals surface area contributed by atoms with Crippen LogP contribution in [0.25, 0.3) is 33.8 Å². The van der Waals surface area contributed by atoms with Gasteiger partial charge in [-0.3, -0.25) is 19.6 Å². The summed E-state index contributed by atoms with van der Waals surface area (Å²) in [5.41, 5.74) is 3.37. The van der Waals surface area contributed by atoms with Gasteiger partial charge in [-0.1, -0.05) is 30.3 Å². The van der Waals surface area contributed by atoms with Gasteiger partial charge in [-0.05, 0) is 12.1 Å². The van der Waals surface area contributed by atoms with Gasteiger partial charge < -0.3 is 10.1 Å². The summed E-state index contributed by atoms with van der Waals surface area (Å²) in [6.45, 7) is 0. The summed E-state index contributed by atoms with van der Waals surface area (Å²) in [5, 5.41) is 17.4. The van der Waals surface area contributed by atoms with E-state index in [1.807, 2.05) is 30.3 Å². The van der Waals surface area contributed by atoms with Gasteiger partial charge in [-0.25, -0.2) is 4.98 Å². The monoisotopic (exact) mass is 359 g/mol. The molecule has 0 unspecified atom stereocenters. The standard InChI is InChI=1S/C19H13N5O3/c1-24-15(16(25)14(23-24)9-5-3-2-4-6-9)17-20-12-7-10-11(8-13(12)21-17)19(27)22-18(10)26/h2-8,25H,1H3,(H,20,21)(H,22,26,27). The van der Waals surface area contributed by atoms with E-state index in [9.17, 15) is 14.7 Å². The van der Waals surface area contributed by atoms with E-state index in [-0.39, 0.29) is 5.75 Å². The number of carbonyl (C=O) groups is 2. The lowest BCUT2D eigenvalue weighted by Gasteiger charge is -1.98. The largest absolute Gasteiger partial charge is 0.504 e. The fraction of sp³-hybridized carbons (Fsp3) is 0.0526. The maximum atomic E-state index is 11.8. The minimum atomic E-state index is -0.434. The van der Waals surface area contributed by atoms with Crippen LogP contribution < -0.4 is 5.32 Å². The molecule has 5 rings (SSSR count). The van der Waals surface area contributed by atoms with Crippen molar-refractivity contribution in [1.29, 1.82) is 0 Å². The molecule has 1 aliphatic heterocycles. The van der Waals surface area contributed by atoms with Crippen LogP contribution in [0.4, 0.5) is 0 Å². The van der Waals surface area contributed by atoms with Gasteiger partial charge in [0.15, 0.2) is 11.6 Å². The Morgan fingerprint density at radius 3 is 2.48 bits per heavy atom. The summed E-state index contributed by atoms with van der Waals surface area (Å²) in [4.78, 5) is 31.3. The number of aromatic hydroxyl groups is 1. The van der Waals surface area contributed by atoms with Crippen molar-refractivity contribution in [2.24, 2.45) is 7.05 Å². The third kappa shape index (κ3) is 2.16. The van der Waals surface area contributed by atoms with Crippen LogP contribution in [-0.4, -0.2) is 36.7 Å². The molecule has 8 heteroatoms. The second-order valence-corrected chi connectivity index (χ2v) is 6.32. The zero-order valence-electron chi connectivity index (χ0n) is 14.1. The second-order valence-electron chi connectivity index (χ2n) is 6.32. The number of imidazole rings is 1. The first-order valence-corrected chi connectivity index (χ1v) is 8.24. The lowest BCUT2D eigenvalue weighted by atomic mass is 10.1. The molecule has 8 nitrogen and oxygen atoms in total. The minimum absolute atomic E-state index is 0.00381. The van der Waals surface area contributed by atoms with E-state index in [0.717, 1.165) is 5.56 Å². The molecular weight excluding hydrogens is 346 g/mol. The quantitative estimate of drug-likeness (QED) is 0.475. The highest BCUT2D eigenvalue weighted by Crippen LogP contribution is 2.37. The van der Waals surface area contributed by atoms with Crippen LogP contribution in [0.1, 0.15) is 20.7 Å². The molecule has 0 aliphatic carbocycles. The maximum absolute atomic E-state index is 11.8. The number of hydrogen-bond acceptors (Lipinski definition) is 5. The first kappa shape index (κ1) is 15.3. The van der Waals surface area contributed by atoms with Crippen molar-refractivity contribution in [1.82, 2.24) is 25.1 Å². The van der Waals surface area contributed by atoms with Crippen LogP contribution in [0.3, 0.4) is 0 Å². The average molecular weight is 359 g/mol. The number of hydrogen-bond donors (Lipinski definition) is 3. The molecule has 3 N–H and O–H groups in total. The number of imide groups is 1. The third-order valence-electron chi connectivity index (χ3n) is 4.63. The minimum Gasteiger partial charge on any atom is -0.504 e. The Labute approximate surface area is 152 Å². The summed E-state index contributed by atoms with van der Waals surface area (Å²) < 4.78 is 1.54. The zero-order chi connectivity index (χ0) is 18.7. The van der Waals surface area contributed by atoms with E-state index in [1.165, 1.54) is 0 Å². The first-order valence-electron chi connectivity index (χ1n) is 8.24. The molecule has 27 heavy (non-hydrogen) atoms. The van der Waals surface area contributed by atoms with E-state index < -0.39 is 11.8 Å². The van der Waals surface area contributed by atoms with Gasteiger partial charge in [-0.15, -0.1) is 0 Å². The van der Waals surface area contributed by atoms with Crippen LogP contribution in [0, 0.1) is 0 Å². The number of benzene rings is 2. The molecule has 2 aromatic heterocycles. The summed E-state index contributed by atoms with van der Waals surface area (Å²) in [7, 11) is 1.71. The summed E-state index contributed by atoms with van der Waals surface area (Å²) in [5.74, 6) is -0.459.